The van der Waals surface area contributed by atoms with Crippen molar-refractivity contribution in [1.82, 2.24) is 9.88 Å². The minimum atomic E-state index is 0.0919. The molecule has 2 aromatic heterocycles. The number of methoxy groups -OCH3 is 2. The third kappa shape index (κ3) is 3.45. The normalized spacial score (nSPS) is 14.0. The van der Waals surface area contributed by atoms with Crippen LogP contribution in [0.2, 0.25) is 0 Å². The van der Waals surface area contributed by atoms with Crippen molar-refractivity contribution < 1.29 is 18.7 Å². The van der Waals surface area contributed by atoms with E-state index in [9.17, 15) is 4.79 Å². The Kier molecular flexibility index (Phi) is 5.08. The molecule has 0 saturated carbocycles. The van der Waals surface area contributed by atoms with Gasteiger partial charge in [0.25, 0.3) is 0 Å². The van der Waals surface area contributed by atoms with Crippen molar-refractivity contribution in [3.05, 3.63) is 76.8 Å². The van der Waals surface area contributed by atoms with Crippen molar-refractivity contribution in [2.45, 2.75) is 13.1 Å². The first-order chi connectivity index (χ1) is 16.6. The van der Waals surface area contributed by atoms with E-state index >= 15 is 0 Å². The van der Waals surface area contributed by atoms with E-state index in [2.05, 4.69) is 17.0 Å². The summed E-state index contributed by atoms with van der Waals surface area (Å²) in [4.78, 5) is 20.8. The highest BCUT2D eigenvalue weighted by Crippen LogP contribution is 2.39. The SMILES string of the molecule is COc1ccc(CN2CC(=O)c3sc(-c4cccc5c4oc4ccccc45)nc3C2)c(OC)c1. The van der Waals surface area contributed by atoms with Gasteiger partial charge in [-0.3, -0.25) is 9.69 Å². The molecule has 3 aromatic carbocycles. The largest absolute Gasteiger partial charge is 0.497 e. The molecule has 0 aliphatic carbocycles. The monoisotopic (exact) mass is 470 g/mol. The van der Waals surface area contributed by atoms with Crippen LogP contribution in [0.1, 0.15) is 20.9 Å². The Balaban J connectivity index is 1.34. The van der Waals surface area contributed by atoms with Crippen molar-refractivity contribution in [2.24, 2.45) is 0 Å². The van der Waals surface area contributed by atoms with E-state index in [0.29, 0.717) is 19.6 Å². The van der Waals surface area contributed by atoms with E-state index < -0.39 is 0 Å². The molecule has 170 valence electrons. The molecular formula is C27H22N2O4S. The Morgan fingerprint density at radius 2 is 1.85 bits per heavy atom. The Hall–Kier alpha value is -3.68. The predicted molar refractivity (Wildman–Crippen MR) is 133 cm³/mol. The molecule has 0 radical (unpaired) electrons. The first-order valence-corrected chi connectivity index (χ1v) is 11.8. The van der Waals surface area contributed by atoms with Gasteiger partial charge in [0.1, 0.15) is 27.7 Å². The van der Waals surface area contributed by atoms with Crippen LogP contribution in [-0.4, -0.2) is 36.4 Å². The lowest BCUT2D eigenvalue weighted by Gasteiger charge is -2.25. The van der Waals surface area contributed by atoms with Crippen LogP contribution in [0.3, 0.4) is 0 Å². The highest BCUT2D eigenvalue weighted by atomic mass is 32.1. The maximum atomic E-state index is 13.0. The van der Waals surface area contributed by atoms with Gasteiger partial charge < -0.3 is 13.9 Å². The van der Waals surface area contributed by atoms with Crippen LogP contribution in [0.15, 0.2) is 65.1 Å². The molecule has 7 heteroatoms. The summed E-state index contributed by atoms with van der Waals surface area (Å²) in [7, 11) is 3.27. The van der Waals surface area contributed by atoms with Gasteiger partial charge >= 0.3 is 0 Å². The number of ether oxygens (including phenoxy) is 2. The third-order valence-electron chi connectivity index (χ3n) is 6.21. The van der Waals surface area contributed by atoms with Crippen molar-refractivity contribution in [2.75, 3.05) is 20.8 Å². The van der Waals surface area contributed by atoms with E-state index in [1.807, 2.05) is 48.5 Å². The van der Waals surface area contributed by atoms with Crippen LogP contribution >= 0.6 is 11.3 Å². The number of para-hydroxylation sites is 2. The van der Waals surface area contributed by atoms with Crippen molar-refractivity contribution in [1.29, 1.82) is 0 Å². The van der Waals surface area contributed by atoms with Gasteiger partial charge in [0, 0.05) is 35.5 Å². The highest BCUT2D eigenvalue weighted by molar-refractivity contribution is 7.17. The zero-order valence-corrected chi connectivity index (χ0v) is 19.6. The van der Waals surface area contributed by atoms with E-state index in [-0.39, 0.29) is 5.78 Å². The van der Waals surface area contributed by atoms with E-state index in [0.717, 1.165) is 60.1 Å². The van der Waals surface area contributed by atoms with Gasteiger partial charge in [-0.25, -0.2) is 4.98 Å². The van der Waals surface area contributed by atoms with Crippen LogP contribution < -0.4 is 9.47 Å². The summed E-state index contributed by atoms with van der Waals surface area (Å²) >= 11 is 1.45. The van der Waals surface area contributed by atoms with Gasteiger partial charge in [-0.15, -0.1) is 11.3 Å². The van der Waals surface area contributed by atoms with E-state index in [1.54, 1.807) is 14.2 Å². The molecule has 0 bridgehead atoms. The minimum Gasteiger partial charge on any atom is -0.497 e. The summed E-state index contributed by atoms with van der Waals surface area (Å²) in [5, 5.41) is 2.95. The Morgan fingerprint density at radius 1 is 1.00 bits per heavy atom. The molecule has 0 fully saturated rings. The third-order valence-corrected chi connectivity index (χ3v) is 7.39. The molecule has 5 aromatic rings. The lowest BCUT2D eigenvalue weighted by molar-refractivity contribution is 0.0897. The molecule has 34 heavy (non-hydrogen) atoms. The maximum Gasteiger partial charge on any atom is 0.188 e. The minimum absolute atomic E-state index is 0.0919. The number of Topliss-reactive ketones (excluding diaryl/α,β-unsaturated/α-hetero) is 1. The fourth-order valence-electron chi connectivity index (χ4n) is 4.59. The second-order valence-electron chi connectivity index (χ2n) is 8.32. The van der Waals surface area contributed by atoms with E-state index in [4.69, 9.17) is 18.9 Å². The van der Waals surface area contributed by atoms with Gasteiger partial charge in [0.2, 0.25) is 0 Å². The molecule has 0 spiro atoms. The number of benzene rings is 3. The summed E-state index contributed by atoms with van der Waals surface area (Å²) in [6.07, 6.45) is 0. The number of rotatable bonds is 5. The number of nitrogens with zero attached hydrogens (tertiary/aromatic N) is 2. The fraction of sp³-hybridized carbons (Fsp3) is 0.185. The second kappa shape index (κ2) is 8.27. The van der Waals surface area contributed by atoms with Crippen LogP contribution in [-0.2, 0) is 13.1 Å². The Bertz CT molecular complexity index is 1550. The van der Waals surface area contributed by atoms with Gasteiger partial charge in [-0.1, -0.05) is 36.4 Å². The summed E-state index contributed by atoms with van der Waals surface area (Å²) in [6, 6.07) is 19.9. The topological polar surface area (TPSA) is 64.8 Å². The smallest absolute Gasteiger partial charge is 0.188 e. The zero-order valence-electron chi connectivity index (χ0n) is 18.8. The molecule has 0 unspecified atom stereocenters. The standard InChI is InChI=1S/C27H22N2O4S/c1-31-17-11-10-16(24(12-17)32-2)13-29-14-21-26(22(30)15-29)34-27(28-21)20-8-5-7-19-18-6-3-4-9-23(18)33-25(19)20/h3-12H,13-15H2,1-2H3. The quantitative estimate of drug-likeness (QED) is 0.317. The summed E-state index contributed by atoms with van der Waals surface area (Å²) in [6.45, 7) is 1.53. The number of carbonyl (C=O) groups is 1. The highest BCUT2D eigenvalue weighted by Gasteiger charge is 2.29. The lowest BCUT2D eigenvalue weighted by Crippen LogP contribution is -2.34. The molecule has 3 heterocycles. The van der Waals surface area contributed by atoms with Crippen LogP contribution in [0.5, 0.6) is 11.5 Å². The van der Waals surface area contributed by atoms with Crippen molar-refractivity contribution >= 4 is 39.1 Å². The first-order valence-electron chi connectivity index (χ1n) is 11.0. The number of thiazole rings is 1. The number of carbonyl (C=O) groups excluding carboxylic acids is 1. The molecular weight excluding hydrogens is 448 g/mol. The number of hydrogen-bond donors (Lipinski definition) is 0. The fourth-order valence-corrected chi connectivity index (χ4v) is 5.61. The van der Waals surface area contributed by atoms with Gasteiger partial charge in [0.05, 0.1) is 36.9 Å². The van der Waals surface area contributed by atoms with Crippen LogP contribution in [0.25, 0.3) is 32.5 Å². The molecule has 6 nitrogen and oxygen atoms in total. The summed E-state index contributed by atoms with van der Waals surface area (Å²) in [5.41, 5.74) is 4.40. The molecule has 1 aliphatic rings. The van der Waals surface area contributed by atoms with Crippen molar-refractivity contribution in [3.63, 3.8) is 0 Å². The van der Waals surface area contributed by atoms with Gasteiger partial charge in [-0.2, -0.15) is 0 Å². The first kappa shape index (κ1) is 20.9. The molecule has 0 atom stereocenters. The maximum absolute atomic E-state index is 13.0. The molecule has 0 saturated heterocycles. The molecule has 0 amide bonds. The number of ketones is 1. The van der Waals surface area contributed by atoms with Gasteiger partial charge in [-0.05, 0) is 18.2 Å². The second-order valence-corrected chi connectivity index (χ2v) is 9.32. The van der Waals surface area contributed by atoms with Gasteiger partial charge in [0.15, 0.2) is 5.78 Å². The zero-order chi connectivity index (χ0) is 23.2. The van der Waals surface area contributed by atoms with E-state index in [1.165, 1.54) is 11.3 Å². The Labute approximate surface area is 200 Å². The number of hydrogen-bond acceptors (Lipinski definition) is 7. The average molecular weight is 471 g/mol. The van der Waals surface area contributed by atoms with Crippen LogP contribution in [0.4, 0.5) is 0 Å². The lowest BCUT2D eigenvalue weighted by atomic mass is 10.1. The predicted octanol–water partition coefficient (Wildman–Crippen LogP) is 5.93. The Morgan fingerprint density at radius 3 is 2.71 bits per heavy atom. The molecule has 6 rings (SSSR count). The summed E-state index contributed by atoms with van der Waals surface area (Å²) in [5.74, 6) is 1.57. The van der Waals surface area contributed by atoms with Crippen LogP contribution in [0, 0.1) is 0 Å². The number of aromatic nitrogens is 1. The summed E-state index contributed by atoms with van der Waals surface area (Å²) < 4.78 is 17.0. The molecule has 0 N–H and O–H groups in total. The number of fused-ring (bicyclic) bond motifs is 4. The number of furan rings is 1. The average Bonchev–Trinajstić information content (AvgIpc) is 3.46. The van der Waals surface area contributed by atoms with Crippen molar-refractivity contribution in [3.8, 4) is 22.1 Å². The molecule has 1 aliphatic heterocycles.